The zero-order valence-electron chi connectivity index (χ0n) is 12.2. The molecule has 0 saturated carbocycles. The van der Waals surface area contributed by atoms with Crippen LogP contribution in [0.2, 0.25) is 5.02 Å². The molecule has 2 aromatic carbocycles. The van der Waals surface area contributed by atoms with Crippen molar-refractivity contribution in [2.24, 2.45) is 0 Å². The lowest BCUT2D eigenvalue weighted by Crippen LogP contribution is -2.05. The van der Waals surface area contributed by atoms with E-state index in [1.807, 2.05) is 0 Å². The minimum absolute atomic E-state index is 0.00685. The Kier molecular flexibility index (Phi) is 4.00. The van der Waals surface area contributed by atoms with Gasteiger partial charge in [-0.3, -0.25) is 0 Å². The summed E-state index contributed by atoms with van der Waals surface area (Å²) < 4.78 is 38.6. The van der Waals surface area contributed by atoms with Crippen LogP contribution in [0.25, 0.3) is 22.2 Å². The van der Waals surface area contributed by atoms with Gasteiger partial charge >= 0.3 is 12.1 Å². The molecular weight excluding hydrogens is 361 g/mol. The number of phenolic OH excluding ortho intramolecular Hbond substituents is 1. The van der Waals surface area contributed by atoms with Crippen molar-refractivity contribution >= 4 is 28.5 Å². The minimum Gasteiger partial charge on any atom is -0.507 e. The van der Waals surface area contributed by atoms with Crippen LogP contribution in [-0.4, -0.2) is 26.4 Å². The van der Waals surface area contributed by atoms with E-state index in [1.54, 1.807) is 0 Å². The number of hydrogen-bond acceptors (Lipinski definition) is 4. The summed E-state index contributed by atoms with van der Waals surface area (Å²) in [5, 5.41) is 26.7. The molecule has 0 aliphatic heterocycles. The zero-order valence-corrected chi connectivity index (χ0v) is 12.9. The Morgan fingerprint density at radius 2 is 1.80 bits per heavy atom. The van der Waals surface area contributed by atoms with Gasteiger partial charge in [0.05, 0.1) is 27.4 Å². The number of carboxylic acid groups (broad SMARTS) is 1. The molecule has 128 valence electrons. The molecule has 0 spiro atoms. The fourth-order valence-corrected chi connectivity index (χ4v) is 2.49. The van der Waals surface area contributed by atoms with Crippen LogP contribution >= 0.6 is 11.6 Å². The predicted molar refractivity (Wildman–Crippen MR) is 83.6 cm³/mol. The third-order valence-electron chi connectivity index (χ3n) is 3.50. The van der Waals surface area contributed by atoms with E-state index in [1.165, 1.54) is 12.1 Å². The van der Waals surface area contributed by atoms with E-state index in [4.69, 9.17) is 16.7 Å². The van der Waals surface area contributed by atoms with Crippen molar-refractivity contribution in [3.63, 3.8) is 0 Å². The van der Waals surface area contributed by atoms with E-state index < -0.39 is 17.7 Å². The first-order valence-electron chi connectivity index (χ1n) is 6.77. The number of aromatic carboxylic acids is 1. The van der Waals surface area contributed by atoms with Gasteiger partial charge in [-0.25, -0.2) is 4.79 Å². The summed E-state index contributed by atoms with van der Waals surface area (Å²) in [6.07, 6.45) is -4.55. The first-order chi connectivity index (χ1) is 11.7. The Labute approximate surface area is 143 Å². The fraction of sp³-hybridized carbons (Fsp3) is 0.0625. The molecule has 3 aromatic rings. The maximum atomic E-state index is 12.9. The van der Waals surface area contributed by atoms with Gasteiger partial charge in [0.25, 0.3) is 0 Å². The van der Waals surface area contributed by atoms with Gasteiger partial charge in [0.2, 0.25) is 0 Å². The Morgan fingerprint density at radius 1 is 1.08 bits per heavy atom. The molecule has 1 heterocycles. The van der Waals surface area contributed by atoms with Crippen LogP contribution in [0, 0.1) is 0 Å². The second-order valence-electron chi connectivity index (χ2n) is 5.16. The van der Waals surface area contributed by atoms with Crippen molar-refractivity contribution in [3.8, 4) is 17.0 Å². The molecule has 0 saturated heterocycles. The van der Waals surface area contributed by atoms with E-state index in [2.05, 4.69) is 10.2 Å². The Morgan fingerprint density at radius 3 is 2.44 bits per heavy atom. The highest BCUT2D eigenvalue weighted by molar-refractivity contribution is 6.33. The van der Waals surface area contributed by atoms with Gasteiger partial charge in [0.15, 0.2) is 0 Å². The second kappa shape index (κ2) is 5.89. The maximum Gasteiger partial charge on any atom is 0.416 e. The van der Waals surface area contributed by atoms with Crippen LogP contribution in [0.15, 0.2) is 36.4 Å². The molecule has 0 aliphatic carbocycles. The minimum atomic E-state index is -4.55. The molecule has 1 aromatic heterocycles. The first kappa shape index (κ1) is 17.0. The van der Waals surface area contributed by atoms with Crippen molar-refractivity contribution in [1.29, 1.82) is 0 Å². The molecule has 0 fully saturated rings. The van der Waals surface area contributed by atoms with Crippen molar-refractivity contribution in [2.45, 2.75) is 6.18 Å². The molecule has 25 heavy (non-hydrogen) atoms. The second-order valence-corrected chi connectivity index (χ2v) is 5.56. The SMILES string of the molecule is O=C(O)c1cc(O)c2cc(-c3cc(C(F)(F)F)ccc3Cl)nnc2c1. The number of hydrogen-bond donors (Lipinski definition) is 2. The van der Waals surface area contributed by atoms with Crippen LogP contribution in [0.1, 0.15) is 15.9 Å². The number of carbonyl (C=O) groups is 1. The quantitative estimate of drug-likeness (QED) is 0.701. The summed E-state index contributed by atoms with van der Waals surface area (Å²) in [5.41, 5.74) is -0.998. The number of aromatic nitrogens is 2. The smallest absolute Gasteiger partial charge is 0.416 e. The maximum absolute atomic E-state index is 12.9. The number of carboxylic acids is 1. The van der Waals surface area contributed by atoms with E-state index in [9.17, 15) is 23.1 Å². The molecular formula is C16H8ClF3N2O3. The number of rotatable bonds is 2. The van der Waals surface area contributed by atoms with Crippen molar-refractivity contribution in [1.82, 2.24) is 10.2 Å². The highest BCUT2D eigenvalue weighted by Crippen LogP contribution is 2.36. The van der Waals surface area contributed by atoms with E-state index in [-0.39, 0.29) is 38.5 Å². The number of nitrogens with zero attached hydrogens (tertiary/aromatic N) is 2. The van der Waals surface area contributed by atoms with Crippen LogP contribution in [0.5, 0.6) is 5.75 Å². The van der Waals surface area contributed by atoms with E-state index >= 15 is 0 Å². The van der Waals surface area contributed by atoms with Crippen LogP contribution in [0.3, 0.4) is 0 Å². The zero-order chi connectivity index (χ0) is 18.4. The normalized spacial score (nSPS) is 11.7. The molecule has 0 bridgehead atoms. The van der Waals surface area contributed by atoms with Gasteiger partial charge in [-0.05, 0) is 36.4 Å². The van der Waals surface area contributed by atoms with Crippen molar-refractivity contribution < 1.29 is 28.2 Å². The summed E-state index contributed by atoms with van der Waals surface area (Å²) >= 11 is 5.96. The van der Waals surface area contributed by atoms with Crippen molar-refractivity contribution in [2.75, 3.05) is 0 Å². The van der Waals surface area contributed by atoms with Gasteiger partial charge in [-0.1, -0.05) is 11.6 Å². The number of halogens is 4. The fourth-order valence-electron chi connectivity index (χ4n) is 2.28. The topological polar surface area (TPSA) is 83.3 Å². The number of fused-ring (bicyclic) bond motifs is 1. The third kappa shape index (κ3) is 3.20. The molecule has 2 N–H and O–H groups in total. The van der Waals surface area contributed by atoms with Crippen molar-refractivity contribution in [3.05, 3.63) is 52.5 Å². The van der Waals surface area contributed by atoms with Gasteiger partial charge in [-0.2, -0.15) is 13.2 Å². The summed E-state index contributed by atoms with van der Waals surface area (Å²) in [7, 11) is 0. The largest absolute Gasteiger partial charge is 0.507 e. The highest BCUT2D eigenvalue weighted by atomic mass is 35.5. The molecule has 0 aliphatic rings. The molecule has 0 unspecified atom stereocenters. The van der Waals surface area contributed by atoms with Crippen LogP contribution < -0.4 is 0 Å². The lowest BCUT2D eigenvalue weighted by molar-refractivity contribution is -0.137. The summed E-state index contributed by atoms with van der Waals surface area (Å²) in [5.74, 6) is -1.64. The van der Waals surface area contributed by atoms with Gasteiger partial charge in [0.1, 0.15) is 5.75 Å². The average Bonchev–Trinajstić information content (AvgIpc) is 2.54. The highest BCUT2D eigenvalue weighted by Gasteiger charge is 2.31. The number of aromatic hydroxyl groups is 1. The molecule has 9 heteroatoms. The lowest BCUT2D eigenvalue weighted by atomic mass is 10.0. The third-order valence-corrected chi connectivity index (χ3v) is 3.83. The first-order valence-corrected chi connectivity index (χ1v) is 7.15. The van der Waals surface area contributed by atoms with Gasteiger partial charge < -0.3 is 10.2 Å². The molecule has 0 radical (unpaired) electrons. The van der Waals surface area contributed by atoms with Gasteiger partial charge in [-0.15, -0.1) is 10.2 Å². The van der Waals surface area contributed by atoms with Gasteiger partial charge in [0, 0.05) is 10.9 Å². The standard InChI is InChI=1S/C16H8ClF3N2O3/c17-11-2-1-8(16(18,19)20)5-9(11)13-6-10-12(21-22-13)3-7(15(24)25)4-14(10)23/h1-6,23H,(H,24,25). The van der Waals surface area contributed by atoms with E-state index in [0.29, 0.717) is 0 Å². The van der Waals surface area contributed by atoms with Crippen LogP contribution in [-0.2, 0) is 6.18 Å². The monoisotopic (exact) mass is 368 g/mol. The average molecular weight is 369 g/mol. The summed E-state index contributed by atoms with van der Waals surface area (Å²) in [4.78, 5) is 11.0. The Bertz CT molecular complexity index is 1010. The number of alkyl halides is 3. The lowest BCUT2D eigenvalue weighted by Gasteiger charge is -2.10. The van der Waals surface area contributed by atoms with E-state index in [0.717, 1.165) is 24.3 Å². The summed E-state index contributed by atoms with van der Waals surface area (Å²) in [6, 6.07) is 6.28. The predicted octanol–water partition coefficient (Wildman–Crippen LogP) is 4.37. The number of phenols is 1. The van der Waals surface area contributed by atoms with Crippen LogP contribution in [0.4, 0.5) is 13.2 Å². The Hall–Kier alpha value is -2.87. The summed E-state index contributed by atoms with van der Waals surface area (Å²) in [6.45, 7) is 0. The molecule has 3 rings (SSSR count). The molecule has 5 nitrogen and oxygen atoms in total. The Balaban J connectivity index is 2.19. The molecule has 0 atom stereocenters. The number of benzene rings is 2. The molecule has 0 amide bonds.